The van der Waals surface area contributed by atoms with Crippen molar-refractivity contribution in [3.05, 3.63) is 15.9 Å². The lowest BCUT2D eigenvalue weighted by molar-refractivity contribution is 1.09. The Morgan fingerprint density at radius 3 is 2.25 bits per heavy atom. The number of hydrogen-bond donors (Lipinski definition) is 1. The summed E-state index contributed by atoms with van der Waals surface area (Å²) in [5.74, 6) is 0. The molecule has 0 spiro atoms. The molecule has 1 rings (SSSR count). The fraction of sp³-hybridized carbons (Fsp3) is 0.250. The topological polar surface area (TPSA) is 28.7 Å². The van der Waals surface area contributed by atoms with Gasteiger partial charge in [-0.25, -0.2) is 0 Å². The summed E-state index contributed by atoms with van der Waals surface area (Å²) in [5.41, 5.74) is 0.799. The van der Waals surface area contributed by atoms with Crippen LogP contribution >= 0.6 is 23.2 Å². The summed E-state index contributed by atoms with van der Waals surface area (Å²) >= 11 is 11.0. The number of hydrogen-bond acceptors (Lipinski definition) is 1. The number of halogens is 2. The molecule has 0 radical (unpaired) electrons. The van der Waals surface area contributed by atoms with Gasteiger partial charge in [-0.05, 0) is 6.92 Å². The van der Waals surface area contributed by atoms with E-state index >= 15 is 0 Å². The number of nitrogens with one attached hydrogen (secondary N) is 1. The van der Waals surface area contributed by atoms with Gasteiger partial charge in [0.1, 0.15) is 5.15 Å². The van der Waals surface area contributed by atoms with Gasteiger partial charge in [-0.3, -0.25) is 5.10 Å². The molecule has 1 aromatic rings. The van der Waals surface area contributed by atoms with Gasteiger partial charge in [-0.1, -0.05) is 23.2 Å². The Bertz CT molecular complexity index is 174. The van der Waals surface area contributed by atoms with Gasteiger partial charge in [0.05, 0.1) is 0 Å². The van der Waals surface area contributed by atoms with Crippen molar-refractivity contribution < 1.29 is 0 Å². The van der Waals surface area contributed by atoms with Gasteiger partial charge in [0.25, 0.3) is 0 Å². The lowest BCUT2D eigenvalue weighted by Gasteiger charge is -1.79. The highest BCUT2D eigenvalue weighted by Crippen LogP contribution is 2.18. The van der Waals surface area contributed by atoms with Crippen molar-refractivity contribution in [1.82, 2.24) is 10.2 Å². The molecule has 0 aliphatic heterocycles. The maximum atomic E-state index is 5.53. The summed E-state index contributed by atoms with van der Waals surface area (Å²) in [6, 6.07) is 0. The molecular formula is C4H4Cl2N2. The summed E-state index contributed by atoms with van der Waals surface area (Å²) in [5, 5.41) is 7.09. The van der Waals surface area contributed by atoms with Crippen LogP contribution < -0.4 is 0 Å². The molecule has 1 N–H and O–H groups in total. The first-order valence-electron chi connectivity index (χ1n) is 2.08. The highest BCUT2D eigenvalue weighted by atomic mass is 35.5. The minimum Gasteiger partial charge on any atom is -0.265 e. The highest BCUT2D eigenvalue weighted by molar-refractivity contribution is 6.34. The molecule has 0 bridgehead atoms. The average molecular weight is 151 g/mol. The van der Waals surface area contributed by atoms with Gasteiger partial charge in [-0.15, -0.1) is 0 Å². The van der Waals surface area contributed by atoms with Gasteiger partial charge in [0, 0.05) is 5.56 Å². The average Bonchev–Trinajstić information content (AvgIpc) is 1.98. The van der Waals surface area contributed by atoms with Crippen LogP contribution in [0.3, 0.4) is 0 Å². The molecule has 0 aromatic carbocycles. The minimum atomic E-state index is 0.440. The molecule has 8 heavy (non-hydrogen) atoms. The molecule has 44 valence electrons. The predicted molar refractivity (Wildman–Crippen MR) is 33.3 cm³/mol. The van der Waals surface area contributed by atoms with Crippen LogP contribution in [0.5, 0.6) is 0 Å². The monoisotopic (exact) mass is 150 g/mol. The van der Waals surface area contributed by atoms with Crippen LogP contribution in [-0.2, 0) is 0 Å². The third-order valence-electron chi connectivity index (χ3n) is 0.891. The fourth-order valence-corrected chi connectivity index (χ4v) is 0.673. The minimum absolute atomic E-state index is 0.440. The third-order valence-corrected chi connectivity index (χ3v) is 1.63. The normalized spacial score (nSPS) is 9.88. The second-order valence-electron chi connectivity index (χ2n) is 1.45. The van der Waals surface area contributed by atoms with Crippen molar-refractivity contribution in [3.8, 4) is 0 Å². The van der Waals surface area contributed by atoms with E-state index in [1.54, 1.807) is 6.92 Å². The summed E-state index contributed by atoms with van der Waals surface area (Å²) in [6.07, 6.45) is 0. The van der Waals surface area contributed by atoms with Crippen molar-refractivity contribution >= 4 is 23.2 Å². The summed E-state index contributed by atoms with van der Waals surface area (Å²) in [6.45, 7) is 1.80. The molecule has 0 atom stereocenters. The van der Waals surface area contributed by atoms with Crippen molar-refractivity contribution in [2.45, 2.75) is 6.92 Å². The lowest BCUT2D eigenvalue weighted by atomic mass is 10.4. The first-order valence-corrected chi connectivity index (χ1v) is 2.83. The Labute approximate surface area is 56.8 Å². The van der Waals surface area contributed by atoms with Crippen LogP contribution in [0.15, 0.2) is 0 Å². The van der Waals surface area contributed by atoms with Gasteiger partial charge < -0.3 is 0 Å². The zero-order valence-electron chi connectivity index (χ0n) is 4.20. The number of rotatable bonds is 0. The van der Waals surface area contributed by atoms with E-state index in [1.165, 1.54) is 0 Å². The molecule has 1 aromatic heterocycles. The second kappa shape index (κ2) is 1.96. The van der Waals surface area contributed by atoms with Gasteiger partial charge in [0.2, 0.25) is 0 Å². The standard InChI is InChI=1S/C4H4Cl2N2/c1-2-3(5)7-8-4(2)6/h1H3,(H,7,8). The summed E-state index contributed by atoms with van der Waals surface area (Å²) in [4.78, 5) is 0. The van der Waals surface area contributed by atoms with Crippen LogP contribution in [0.2, 0.25) is 10.3 Å². The van der Waals surface area contributed by atoms with E-state index < -0.39 is 0 Å². The van der Waals surface area contributed by atoms with Crippen LogP contribution in [0.4, 0.5) is 0 Å². The molecule has 0 saturated carbocycles. The molecule has 4 heteroatoms. The maximum absolute atomic E-state index is 5.53. The van der Waals surface area contributed by atoms with Crippen LogP contribution in [0.1, 0.15) is 5.56 Å². The number of nitrogens with zero attached hydrogens (tertiary/aromatic N) is 1. The van der Waals surface area contributed by atoms with Crippen LogP contribution in [0, 0.1) is 6.92 Å². The largest absolute Gasteiger partial charge is 0.265 e. The van der Waals surface area contributed by atoms with E-state index in [0.717, 1.165) is 5.56 Å². The van der Waals surface area contributed by atoms with Crippen LogP contribution in [-0.4, -0.2) is 10.2 Å². The SMILES string of the molecule is Cc1c(Cl)n[nH]c1Cl. The van der Waals surface area contributed by atoms with Crippen molar-refractivity contribution in [2.24, 2.45) is 0 Å². The van der Waals surface area contributed by atoms with E-state index in [4.69, 9.17) is 23.2 Å². The Morgan fingerprint density at radius 1 is 1.50 bits per heavy atom. The van der Waals surface area contributed by atoms with E-state index in [0.29, 0.717) is 10.3 Å². The Balaban J connectivity index is 3.19. The summed E-state index contributed by atoms with van der Waals surface area (Å²) < 4.78 is 0. The van der Waals surface area contributed by atoms with E-state index in [2.05, 4.69) is 10.2 Å². The van der Waals surface area contributed by atoms with Gasteiger partial charge in [-0.2, -0.15) is 5.10 Å². The summed E-state index contributed by atoms with van der Waals surface area (Å²) in [7, 11) is 0. The number of aromatic nitrogens is 2. The Morgan fingerprint density at radius 2 is 2.12 bits per heavy atom. The molecule has 0 amide bonds. The lowest BCUT2D eigenvalue weighted by Crippen LogP contribution is -1.63. The molecule has 0 fully saturated rings. The Kier molecular flexibility index (Phi) is 1.45. The van der Waals surface area contributed by atoms with E-state index in [-0.39, 0.29) is 0 Å². The van der Waals surface area contributed by atoms with Crippen molar-refractivity contribution in [3.63, 3.8) is 0 Å². The first kappa shape index (κ1) is 5.92. The van der Waals surface area contributed by atoms with Crippen molar-refractivity contribution in [2.75, 3.05) is 0 Å². The third kappa shape index (κ3) is 0.812. The van der Waals surface area contributed by atoms with E-state index in [1.807, 2.05) is 0 Å². The molecule has 0 saturated heterocycles. The fourth-order valence-electron chi connectivity index (χ4n) is 0.356. The molecule has 0 unspecified atom stereocenters. The zero-order valence-corrected chi connectivity index (χ0v) is 5.72. The van der Waals surface area contributed by atoms with E-state index in [9.17, 15) is 0 Å². The molecule has 0 aliphatic rings. The molecule has 1 heterocycles. The maximum Gasteiger partial charge on any atom is 0.155 e. The Hall–Kier alpha value is -0.210. The predicted octanol–water partition coefficient (Wildman–Crippen LogP) is 2.02. The zero-order chi connectivity index (χ0) is 6.15. The van der Waals surface area contributed by atoms with Gasteiger partial charge >= 0.3 is 0 Å². The highest BCUT2D eigenvalue weighted by Gasteiger charge is 2.01. The molecular weight excluding hydrogens is 147 g/mol. The number of H-pyrrole nitrogens is 1. The van der Waals surface area contributed by atoms with Crippen LogP contribution in [0.25, 0.3) is 0 Å². The van der Waals surface area contributed by atoms with Gasteiger partial charge in [0.15, 0.2) is 5.15 Å². The molecule has 2 nitrogen and oxygen atoms in total. The van der Waals surface area contributed by atoms with Crippen molar-refractivity contribution in [1.29, 1.82) is 0 Å². The molecule has 0 aliphatic carbocycles. The second-order valence-corrected chi connectivity index (χ2v) is 2.19. The quantitative estimate of drug-likeness (QED) is 0.603. The smallest absolute Gasteiger partial charge is 0.155 e. The number of aromatic amines is 1. The first-order chi connectivity index (χ1) is 3.72.